The Morgan fingerprint density at radius 3 is 1.47 bits per heavy atom. The van der Waals surface area contributed by atoms with Gasteiger partial charge in [0.25, 0.3) is 0 Å². The number of aliphatic hydroxyl groups excluding tert-OH is 1. The third kappa shape index (κ3) is 3.91. The van der Waals surface area contributed by atoms with Gasteiger partial charge in [-0.25, -0.2) is 0 Å². The van der Waals surface area contributed by atoms with Crippen LogP contribution in [0.2, 0.25) is 5.54 Å². The zero-order chi connectivity index (χ0) is 21.0. The quantitative estimate of drug-likeness (QED) is 0.339. The predicted octanol–water partition coefficient (Wildman–Crippen LogP) is 4.49. The molecule has 1 saturated carbocycles. The van der Waals surface area contributed by atoms with Crippen LogP contribution in [0, 0.1) is 0 Å². The number of benzene rings is 3. The molecule has 1 N–H and O–H groups in total. The number of rotatable bonds is 6. The summed E-state index contributed by atoms with van der Waals surface area (Å²) in [7, 11) is -2.37. The lowest BCUT2D eigenvalue weighted by molar-refractivity contribution is 0.128. The molecule has 1 nitrogen and oxygen atoms in total. The van der Waals surface area contributed by atoms with Gasteiger partial charge in [0, 0.05) is 0 Å². The van der Waals surface area contributed by atoms with Crippen molar-refractivity contribution in [1.82, 2.24) is 0 Å². The predicted molar refractivity (Wildman–Crippen MR) is 137 cm³/mol. The second-order valence-electron chi connectivity index (χ2n) is 8.22. The second-order valence-corrected chi connectivity index (χ2v) is 15.0. The average Bonchev–Trinajstić information content (AvgIpc) is 2.81. The SMILES string of the molecule is CSC1(SC)C[C@@H](O)C[C@@H]([Si](c2ccccc2)(c2ccccc2)c2ccccc2)C1. The largest absolute Gasteiger partial charge is 0.393 e. The van der Waals surface area contributed by atoms with Crippen LogP contribution in [0.1, 0.15) is 19.3 Å². The molecule has 0 unspecified atom stereocenters. The summed E-state index contributed by atoms with van der Waals surface area (Å²) in [6.07, 6.45) is 7.02. The van der Waals surface area contributed by atoms with Crippen molar-refractivity contribution in [2.24, 2.45) is 0 Å². The maximum absolute atomic E-state index is 11.1. The Balaban J connectivity index is 2.00. The standard InChI is InChI=1S/C26H30OS2Si/c1-28-26(29-2)19-21(27)18-25(20-26)30(22-12-6-3-7-13-22,23-14-8-4-9-15-23)24-16-10-5-11-17-24/h3-17,21,25,27H,18-20H2,1-2H3/t21-,25+/m0/s1. The van der Waals surface area contributed by atoms with Gasteiger partial charge in [0.1, 0.15) is 0 Å². The number of hydrogen-bond acceptors (Lipinski definition) is 3. The zero-order valence-corrected chi connectivity index (χ0v) is 20.3. The Morgan fingerprint density at radius 1 is 0.700 bits per heavy atom. The van der Waals surface area contributed by atoms with Gasteiger partial charge in [-0.2, -0.15) is 0 Å². The molecule has 1 aliphatic carbocycles. The van der Waals surface area contributed by atoms with Crippen molar-refractivity contribution in [2.75, 3.05) is 12.5 Å². The van der Waals surface area contributed by atoms with Crippen LogP contribution in [-0.4, -0.2) is 35.9 Å². The Hall–Kier alpha value is -1.46. The summed E-state index contributed by atoms with van der Waals surface area (Å²) < 4.78 is 0.0684. The summed E-state index contributed by atoms with van der Waals surface area (Å²) in [5, 5.41) is 15.4. The third-order valence-electron chi connectivity index (χ3n) is 6.70. The lowest BCUT2D eigenvalue weighted by atomic mass is 9.96. The van der Waals surface area contributed by atoms with Gasteiger partial charge >= 0.3 is 0 Å². The first kappa shape index (κ1) is 21.8. The van der Waals surface area contributed by atoms with E-state index in [1.165, 1.54) is 15.6 Å². The Kier molecular flexibility index (Phi) is 6.78. The van der Waals surface area contributed by atoms with Gasteiger partial charge in [-0.1, -0.05) is 91.0 Å². The van der Waals surface area contributed by atoms with Crippen LogP contribution in [-0.2, 0) is 0 Å². The van der Waals surface area contributed by atoms with E-state index in [-0.39, 0.29) is 10.2 Å². The highest BCUT2D eigenvalue weighted by atomic mass is 32.2. The van der Waals surface area contributed by atoms with Gasteiger partial charge in [-0.3, -0.25) is 0 Å². The molecule has 1 aliphatic rings. The molecule has 0 bridgehead atoms. The lowest BCUT2D eigenvalue weighted by Crippen LogP contribution is -2.71. The Bertz CT molecular complexity index is 832. The molecule has 0 saturated heterocycles. The molecule has 3 aromatic carbocycles. The monoisotopic (exact) mass is 450 g/mol. The molecule has 1 fully saturated rings. The Morgan fingerprint density at radius 2 is 1.10 bits per heavy atom. The van der Waals surface area contributed by atoms with Crippen molar-refractivity contribution in [3.05, 3.63) is 91.0 Å². The number of thioether (sulfide) groups is 2. The highest BCUT2D eigenvalue weighted by Gasteiger charge is 2.52. The van der Waals surface area contributed by atoms with Crippen molar-refractivity contribution in [1.29, 1.82) is 0 Å². The van der Waals surface area contributed by atoms with Crippen LogP contribution in [0.15, 0.2) is 91.0 Å². The molecule has 0 heterocycles. The number of aliphatic hydroxyl groups is 1. The fourth-order valence-corrected chi connectivity index (χ4v) is 13.6. The lowest BCUT2D eigenvalue weighted by Gasteiger charge is -2.49. The van der Waals surface area contributed by atoms with E-state index < -0.39 is 8.07 Å². The van der Waals surface area contributed by atoms with Gasteiger partial charge < -0.3 is 5.11 Å². The van der Waals surface area contributed by atoms with Crippen LogP contribution in [0.4, 0.5) is 0 Å². The molecule has 2 atom stereocenters. The molecule has 3 aromatic rings. The van der Waals surface area contributed by atoms with Crippen molar-refractivity contribution >= 4 is 47.2 Å². The summed E-state index contributed by atoms with van der Waals surface area (Å²) >= 11 is 3.86. The first-order chi connectivity index (χ1) is 14.6. The first-order valence-corrected chi connectivity index (χ1v) is 15.1. The maximum Gasteiger partial charge on any atom is 0.151 e. The van der Waals surface area contributed by atoms with Crippen LogP contribution < -0.4 is 15.6 Å². The normalized spacial score (nSPS) is 21.3. The summed E-state index contributed by atoms with van der Waals surface area (Å²) in [6.45, 7) is 0. The van der Waals surface area contributed by atoms with Crippen molar-refractivity contribution in [3.63, 3.8) is 0 Å². The highest BCUT2D eigenvalue weighted by Crippen LogP contribution is 2.52. The van der Waals surface area contributed by atoms with E-state index in [0.717, 1.165) is 19.3 Å². The molecule has 0 aliphatic heterocycles. The van der Waals surface area contributed by atoms with Gasteiger partial charge in [0.2, 0.25) is 0 Å². The molecule has 4 rings (SSSR count). The molecule has 4 heteroatoms. The zero-order valence-electron chi connectivity index (χ0n) is 17.7. The minimum Gasteiger partial charge on any atom is -0.393 e. The van der Waals surface area contributed by atoms with Crippen molar-refractivity contribution in [3.8, 4) is 0 Å². The minimum absolute atomic E-state index is 0.0684. The topological polar surface area (TPSA) is 20.2 Å². The molecule has 0 aromatic heterocycles. The molecule has 156 valence electrons. The summed E-state index contributed by atoms with van der Waals surface area (Å²) in [5.41, 5.74) is 0.424. The maximum atomic E-state index is 11.1. The van der Waals surface area contributed by atoms with Crippen LogP contribution in [0.5, 0.6) is 0 Å². The molecular formula is C26H30OS2Si. The first-order valence-electron chi connectivity index (χ1n) is 10.6. The van der Waals surface area contributed by atoms with E-state index >= 15 is 0 Å². The van der Waals surface area contributed by atoms with Crippen LogP contribution >= 0.6 is 23.5 Å². The van der Waals surface area contributed by atoms with E-state index in [1.807, 2.05) is 23.5 Å². The second kappa shape index (κ2) is 9.35. The molecular weight excluding hydrogens is 421 g/mol. The fraction of sp³-hybridized carbons (Fsp3) is 0.308. The molecule has 0 amide bonds. The third-order valence-corrected chi connectivity index (χ3v) is 15.3. The van der Waals surface area contributed by atoms with E-state index in [9.17, 15) is 5.11 Å². The smallest absolute Gasteiger partial charge is 0.151 e. The molecule has 0 radical (unpaired) electrons. The highest BCUT2D eigenvalue weighted by molar-refractivity contribution is 8.17. The average molecular weight is 451 g/mol. The minimum atomic E-state index is -2.37. The van der Waals surface area contributed by atoms with Gasteiger partial charge in [0.05, 0.1) is 10.2 Å². The van der Waals surface area contributed by atoms with E-state index in [2.05, 4.69) is 104 Å². The van der Waals surface area contributed by atoms with Gasteiger partial charge in [-0.15, -0.1) is 23.5 Å². The molecule has 0 spiro atoms. The van der Waals surface area contributed by atoms with Crippen molar-refractivity contribution < 1.29 is 5.11 Å². The number of hydrogen-bond donors (Lipinski definition) is 1. The summed E-state index contributed by atoms with van der Waals surface area (Å²) in [5.74, 6) is 0. The van der Waals surface area contributed by atoms with Crippen LogP contribution in [0.25, 0.3) is 0 Å². The van der Waals surface area contributed by atoms with Crippen molar-refractivity contribution in [2.45, 2.75) is 35.0 Å². The van der Waals surface area contributed by atoms with E-state index in [0.29, 0.717) is 5.54 Å². The fourth-order valence-electron chi connectivity index (χ4n) is 5.37. The van der Waals surface area contributed by atoms with Gasteiger partial charge in [0.15, 0.2) is 8.07 Å². The molecule has 30 heavy (non-hydrogen) atoms. The van der Waals surface area contributed by atoms with E-state index in [4.69, 9.17) is 0 Å². The summed E-state index contributed by atoms with van der Waals surface area (Å²) in [4.78, 5) is 0. The Labute approximate surface area is 190 Å². The van der Waals surface area contributed by atoms with Gasteiger partial charge in [-0.05, 0) is 52.9 Å². The van der Waals surface area contributed by atoms with Crippen LogP contribution in [0.3, 0.4) is 0 Å². The van der Waals surface area contributed by atoms with E-state index in [1.54, 1.807) is 0 Å². The summed E-state index contributed by atoms with van der Waals surface area (Å²) in [6, 6.07) is 33.4.